The molecule has 4 nitrogen and oxygen atoms in total. The highest BCUT2D eigenvalue weighted by molar-refractivity contribution is 5.76. The predicted octanol–water partition coefficient (Wildman–Crippen LogP) is 0.337. The highest BCUT2D eigenvalue weighted by Crippen LogP contribution is 2.29. The quantitative estimate of drug-likeness (QED) is 0.709. The van der Waals surface area contributed by atoms with Crippen molar-refractivity contribution in [3.63, 3.8) is 0 Å². The molecule has 0 aromatic carbocycles. The average Bonchev–Trinajstić information content (AvgIpc) is 3.00. The van der Waals surface area contributed by atoms with E-state index in [0.29, 0.717) is 12.5 Å². The van der Waals surface area contributed by atoms with Gasteiger partial charge < -0.3 is 10.6 Å². The summed E-state index contributed by atoms with van der Waals surface area (Å²) in [5.41, 5.74) is 0. The second-order valence-corrected chi connectivity index (χ2v) is 5.16. The van der Waals surface area contributed by atoms with E-state index >= 15 is 0 Å². The molecule has 1 saturated carbocycles. The number of hydrogen-bond donors (Lipinski definition) is 2. The monoisotopic (exact) mass is 225 g/mol. The first-order chi connectivity index (χ1) is 7.69. The third-order valence-corrected chi connectivity index (χ3v) is 3.57. The van der Waals surface area contributed by atoms with Gasteiger partial charge >= 0.3 is 0 Å². The maximum Gasteiger partial charge on any atom is 0.221 e. The van der Waals surface area contributed by atoms with Crippen LogP contribution in [-0.2, 0) is 4.79 Å². The van der Waals surface area contributed by atoms with E-state index < -0.39 is 0 Å². The molecule has 0 spiro atoms. The number of nitrogens with one attached hydrogen (secondary N) is 2. The summed E-state index contributed by atoms with van der Waals surface area (Å²) >= 11 is 0. The Morgan fingerprint density at radius 2 is 2.19 bits per heavy atom. The molecule has 0 aromatic rings. The van der Waals surface area contributed by atoms with Gasteiger partial charge in [0.1, 0.15) is 0 Å². The number of carbonyl (C=O) groups excluding carboxylic acids is 1. The van der Waals surface area contributed by atoms with Gasteiger partial charge in [-0.25, -0.2) is 0 Å². The van der Waals surface area contributed by atoms with Gasteiger partial charge in [0.25, 0.3) is 0 Å². The number of rotatable bonds is 5. The van der Waals surface area contributed by atoms with Crippen molar-refractivity contribution in [1.82, 2.24) is 15.5 Å². The van der Waals surface area contributed by atoms with Crippen LogP contribution in [0.25, 0.3) is 0 Å². The second kappa shape index (κ2) is 5.15. The van der Waals surface area contributed by atoms with Crippen molar-refractivity contribution in [1.29, 1.82) is 0 Å². The molecule has 2 rings (SSSR count). The molecule has 0 radical (unpaired) electrons. The molecule has 16 heavy (non-hydrogen) atoms. The highest BCUT2D eigenvalue weighted by atomic mass is 16.1. The Bertz CT molecular complexity index is 253. The van der Waals surface area contributed by atoms with Crippen LogP contribution in [0.3, 0.4) is 0 Å². The Hall–Kier alpha value is -0.610. The molecule has 1 aliphatic heterocycles. The van der Waals surface area contributed by atoms with Gasteiger partial charge in [-0.2, -0.15) is 0 Å². The van der Waals surface area contributed by atoms with E-state index in [9.17, 15) is 4.79 Å². The molecule has 1 amide bonds. The van der Waals surface area contributed by atoms with Crippen molar-refractivity contribution in [2.45, 2.75) is 50.7 Å². The average molecular weight is 225 g/mol. The van der Waals surface area contributed by atoms with Gasteiger partial charge in [-0.3, -0.25) is 9.69 Å². The largest absolute Gasteiger partial charge is 0.359 e. The van der Waals surface area contributed by atoms with E-state index in [1.165, 1.54) is 32.4 Å². The lowest BCUT2D eigenvalue weighted by atomic mass is 10.1. The Labute approximate surface area is 97.8 Å². The van der Waals surface area contributed by atoms with E-state index in [2.05, 4.69) is 22.5 Å². The van der Waals surface area contributed by atoms with Gasteiger partial charge in [-0.15, -0.1) is 0 Å². The summed E-state index contributed by atoms with van der Waals surface area (Å²) in [4.78, 5) is 13.8. The normalized spacial score (nSPS) is 28.0. The number of nitrogens with zero attached hydrogens (tertiary/aromatic N) is 1. The Morgan fingerprint density at radius 1 is 1.44 bits per heavy atom. The minimum absolute atomic E-state index is 0.122. The summed E-state index contributed by atoms with van der Waals surface area (Å²) in [6.45, 7) is 4.49. The molecule has 0 bridgehead atoms. The van der Waals surface area contributed by atoms with Crippen LogP contribution >= 0.6 is 0 Å². The number of likely N-dealkylation sites (tertiary alicyclic amines) is 1. The highest BCUT2D eigenvalue weighted by Gasteiger charge is 2.34. The van der Waals surface area contributed by atoms with Crippen molar-refractivity contribution in [2.75, 3.05) is 20.1 Å². The topological polar surface area (TPSA) is 44.4 Å². The summed E-state index contributed by atoms with van der Waals surface area (Å²) in [6.07, 6.45) is 4.59. The van der Waals surface area contributed by atoms with Crippen molar-refractivity contribution in [3.8, 4) is 0 Å². The van der Waals surface area contributed by atoms with E-state index in [-0.39, 0.29) is 11.9 Å². The molecule has 2 unspecified atom stereocenters. The molecular weight excluding hydrogens is 202 g/mol. The van der Waals surface area contributed by atoms with Gasteiger partial charge in [-0.1, -0.05) is 0 Å². The van der Waals surface area contributed by atoms with Gasteiger partial charge in [0.2, 0.25) is 5.91 Å². The first kappa shape index (κ1) is 11.9. The van der Waals surface area contributed by atoms with Crippen molar-refractivity contribution >= 4 is 5.91 Å². The molecule has 1 saturated heterocycles. The zero-order valence-corrected chi connectivity index (χ0v) is 10.3. The molecule has 2 fully saturated rings. The fourth-order valence-electron chi connectivity index (χ4n) is 2.54. The third kappa shape index (κ3) is 3.19. The maximum absolute atomic E-state index is 11.2. The minimum Gasteiger partial charge on any atom is -0.359 e. The Morgan fingerprint density at radius 3 is 2.81 bits per heavy atom. The van der Waals surface area contributed by atoms with Crippen molar-refractivity contribution in [2.24, 2.45) is 0 Å². The van der Waals surface area contributed by atoms with Crippen LogP contribution in [0.2, 0.25) is 0 Å². The van der Waals surface area contributed by atoms with Crippen molar-refractivity contribution < 1.29 is 4.79 Å². The van der Waals surface area contributed by atoms with Crippen LogP contribution in [0.1, 0.15) is 32.6 Å². The van der Waals surface area contributed by atoms with Crippen LogP contribution in [0.5, 0.6) is 0 Å². The second-order valence-electron chi connectivity index (χ2n) is 5.16. The summed E-state index contributed by atoms with van der Waals surface area (Å²) in [5.74, 6) is 0.122. The number of carbonyl (C=O) groups is 1. The van der Waals surface area contributed by atoms with E-state index in [1.54, 1.807) is 7.05 Å². The summed E-state index contributed by atoms with van der Waals surface area (Å²) < 4.78 is 0. The first-order valence-electron chi connectivity index (χ1n) is 6.39. The lowest BCUT2D eigenvalue weighted by Gasteiger charge is -2.19. The Balaban J connectivity index is 1.67. The Kier molecular flexibility index (Phi) is 3.82. The fraction of sp³-hybridized carbons (Fsp3) is 0.917. The van der Waals surface area contributed by atoms with Gasteiger partial charge in [0, 0.05) is 44.7 Å². The lowest BCUT2D eigenvalue weighted by molar-refractivity contribution is -0.121. The first-order valence-corrected chi connectivity index (χ1v) is 6.39. The van der Waals surface area contributed by atoms with Crippen LogP contribution in [0, 0.1) is 0 Å². The van der Waals surface area contributed by atoms with Crippen molar-refractivity contribution in [3.05, 3.63) is 0 Å². The zero-order valence-electron chi connectivity index (χ0n) is 10.3. The molecule has 2 aliphatic rings. The minimum atomic E-state index is 0.122. The van der Waals surface area contributed by atoms with Crippen LogP contribution in [-0.4, -0.2) is 49.1 Å². The molecule has 2 atom stereocenters. The summed E-state index contributed by atoms with van der Waals surface area (Å²) in [5, 5.41) is 6.22. The van der Waals surface area contributed by atoms with Crippen LogP contribution in [0.15, 0.2) is 0 Å². The molecule has 92 valence electrons. The third-order valence-electron chi connectivity index (χ3n) is 3.57. The number of hydrogen-bond acceptors (Lipinski definition) is 3. The molecule has 2 N–H and O–H groups in total. The van der Waals surface area contributed by atoms with Gasteiger partial charge in [-0.05, 0) is 26.2 Å². The molecular formula is C12H23N3O. The van der Waals surface area contributed by atoms with Crippen LogP contribution in [0.4, 0.5) is 0 Å². The SMILES string of the molecule is CNC(=O)CC(C)NC1CCN(C2CC2)C1. The zero-order chi connectivity index (χ0) is 11.5. The molecule has 4 heteroatoms. The standard InChI is InChI=1S/C12H23N3O/c1-9(7-12(16)13-2)14-10-5-6-15(8-10)11-3-4-11/h9-11,14H,3-8H2,1-2H3,(H,13,16). The number of amides is 1. The summed E-state index contributed by atoms with van der Waals surface area (Å²) in [7, 11) is 1.69. The van der Waals surface area contributed by atoms with Gasteiger partial charge in [0.05, 0.1) is 0 Å². The van der Waals surface area contributed by atoms with E-state index in [4.69, 9.17) is 0 Å². The smallest absolute Gasteiger partial charge is 0.221 e. The van der Waals surface area contributed by atoms with E-state index in [0.717, 1.165) is 6.04 Å². The molecule has 0 aromatic heterocycles. The predicted molar refractivity (Wildman–Crippen MR) is 64.3 cm³/mol. The summed E-state index contributed by atoms with van der Waals surface area (Å²) in [6, 6.07) is 1.74. The lowest BCUT2D eigenvalue weighted by Crippen LogP contribution is -2.41. The molecule has 1 heterocycles. The van der Waals surface area contributed by atoms with Crippen LogP contribution < -0.4 is 10.6 Å². The maximum atomic E-state index is 11.2. The van der Waals surface area contributed by atoms with Gasteiger partial charge in [0.15, 0.2) is 0 Å². The van der Waals surface area contributed by atoms with E-state index in [1.807, 2.05) is 0 Å². The fourth-order valence-corrected chi connectivity index (χ4v) is 2.54. The molecule has 1 aliphatic carbocycles.